The van der Waals surface area contributed by atoms with Gasteiger partial charge >= 0.3 is 6.03 Å². The Labute approximate surface area is 166 Å². The van der Waals surface area contributed by atoms with Crippen LogP contribution in [0.15, 0.2) is 0 Å². The predicted molar refractivity (Wildman–Crippen MR) is 104 cm³/mol. The third-order valence-electron chi connectivity index (χ3n) is 6.37. The van der Waals surface area contributed by atoms with Crippen LogP contribution in [0.5, 0.6) is 0 Å². The smallest absolute Gasteiger partial charge is 0.317 e. The first kappa shape index (κ1) is 19.2. The molecule has 8 nitrogen and oxygen atoms in total. The van der Waals surface area contributed by atoms with Crippen molar-refractivity contribution in [2.75, 3.05) is 32.7 Å². The van der Waals surface area contributed by atoms with Crippen molar-refractivity contribution in [2.45, 2.75) is 57.7 Å². The molecule has 0 atom stereocenters. The fraction of sp³-hybridized carbons (Fsp3) is 0.750. The lowest BCUT2D eigenvalue weighted by atomic mass is 9.83. The van der Waals surface area contributed by atoms with Crippen LogP contribution in [0.2, 0.25) is 0 Å². The molecule has 0 radical (unpaired) electrons. The minimum atomic E-state index is -0.254. The second-order valence-corrected chi connectivity index (χ2v) is 8.26. The molecule has 0 aromatic carbocycles. The summed E-state index contributed by atoms with van der Waals surface area (Å²) in [6, 6.07) is 0.0206. The molecule has 8 heteroatoms. The van der Waals surface area contributed by atoms with E-state index in [1.54, 1.807) is 0 Å². The van der Waals surface area contributed by atoms with Crippen LogP contribution < -0.4 is 5.32 Å². The maximum atomic E-state index is 12.8. The Hall–Kier alpha value is -2.09. The van der Waals surface area contributed by atoms with Gasteiger partial charge in [-0.05, 0) is 32.1 Å². The van der Waals surface area contributed by atoms with Gasteiger partial charge in [0.25, 0.3) is 5.91 Å². The lowest BCUT2D eigenvalue weighted by Crippen LogP contribution is -2.53. The van der Waals surface area contributed by atoms with Crippen molar-refractivity contribution in [3.8, 4) is 0 Å². The van der Waals surface area contributed by atoms with Crippen LogP contribution in [-0.4, -0.2) is 69.8 Å². The lowest BCUT2D eigenvalue weighted by molar-refractivity contribution is -0.0982. The normalized spacial score (nSPS) is 21.1. The molecule has 0 unspecified atom stereocenters. The number of likely N-dealkylation sites (tertiary alicyclic amines) is 2. The van der Waals surface area contributed by atoms with Crippen LogP contribution in [0.3, 0.4) is 0 Å². The average Bonchev–Trinajstić information content (AvgIpc) is 3.35. The zero-order chi connectivity index (χ0) is 19.7. The molecule has 2 saturated heterocycles. The average molecular weight is 390 g/mol. The van der Waals surface area contributed by atoms with Gasteiger partial charge in [-0.2, -0.15) is 5.10 Å². The minimum Gasteiger partial charge on any atom is -0.370 e. The van der Waals surface area contributed by atoms with Gasteiger partial charge in [-0.15, -0.1) is 0 Å². The Morgan fingerprint density at radius 3 is 2.54 bits per heavy atom. The van der Waals surface area contributed by atoms with E-state index in [0.29, 0.717) is 31.9 Å². The molecule has 28 heavy (non-hydrogen) atoms. The topological polar surface area (TPSA) is 79.7 Å². The van der Waals surface area contributed by atoms with Gasteiger partial charge in [-0.1, -0.05) is 6.92 Å². The molecule has 1 N–H and O–H groups in total. The van der Waals surface area contributed by atoms with Crippen LogP contribution >= 0.6 is 0 Å². The molecule has 0 saturated carbocycles. The summed E-state index contributed by atoms with van der Waals surface area (Å²) in [6.45, 7) is 6.24. The molecule has 3 aliphatic rings. The highest BCUT2D eigenvalue weighted by molar-refractivity contribution is 5.94. The first-order valence-electron chi connectivity index (χ1n) is 10.5. The number of hydrogen-bond donors (Lipinski definition) is 1. The van der Waals surface area contributed by atoms with E-state index in [9.17, 15) is 9.59 Å². The summed E-state index contributed by atoms with van der Waals surface area (Å²) in [5.74, 6) is 0.0383. The first-order valence-corrected chi connectivity index (χ1v) is 10.5. The maximum Gasteiger partial charge on any atom is 0.317 e. The minimum absolute atomic E-state index is 0.0206. The number of fused-ring (bicyclic) bond motifs is 1. The fourth-order valence-corrected chi connectivity index (χ4v) is 4.58. The first-order chi connectivity index (χ1) is 13.5. The number of carbonyl (C=O) groups excluding carboxylic acids is 2. The molecule has 4 rings (SSSR count). The molecule has 1 aromatic rings. The number of nitrogens with one attached hydrogen (secondary N) is 1. The molecule has 4 heterocycles. The van der Waals surface area contributed by atoms with Crippen LogP contribution in [0.1, 0.15) is 60.8 Å². The lowest BCUT2D eigenvalue weighted by Gasteiger charge is -2.43. The number of piperidine rings is 1. The van der Waals surface area contributed by atoms with Gasteiger partial charge in [0.1, 0.15) is 0 Å². The van der Waals surface area contributed by atoms with Crippen LogP contribution in [-0.2, 0) is 24.8 Å². The largest absolute Gasteiger partial charge is 0.370 e. The van der Waals surface area contributed by atoms with E-state index in [4.69, 9.17) is 4.74 Å². The third-order valence-corrected chi connectivity index (χ3v) is 6.37. The summed E-state index contributed by atoms with van der Waals surface area (Å²) in [4.78, 5) is 28.8. The van der Waals surface area contributed by atoms with Gasteiger partial charge in [-0.25, -0.2) is 4.79 Å². The van der Waals surface area contributed by atoms with Crippen molar-refractivity contribution in [3.63, 3.8) is 0 Å². The highest BCUT2D eigenvalue weighted by atomic mass is 16.5. The van der Waals surface area contributed by atoms with Crippen molar-refractivity contribution in [1.29, 1.82) is 0 Å². The quantitative estimate of drug-likeness (QED) is 0.853. The zero-order valence-corrected chi connectivity index (χ0v) is 17.0. The molecule has 1 aromatic heterocycles. The zero-order valence-electron chi connectivity index (χ0n) is 17.0. The Morgan fingerprint density at radius 2 is 1.86 bits per heavy atom. The van der Waals surface area contributed by atoms with Crippen LogP contribution in [0, 0.1) is 0 Å². The molecule has 3 amide bonds. The van der Waals surface area contributed by atoms with Gasteiger partial charge in [-0.3, -0.25) is 9.48 Å². The van der Waals surface area contributed by atoms with E-state index < -0.39 is 0 Å². The number of hydrogen-bond acceptors (Lipinski definition) is 4. The molecule has 1 spiro atoms. The Bertz CT molecular complexity index is 745. The van der Waals surface area contributed by atoms with Crippen LogP contribution in [0.25, 0.3) is 0 Å². The molecular weight excluding hydrogens is 358 g/mol. The number of amides is 3. The molecule has 0 bridgehead atoms. The number of aromatic nitrogens is 2. The predicted octanol–water partition coefficient (Wildman–Crippen LogP) is 1.68. The molecular formula is C20H31N5O3. The monoisotopic (exact) mass is 389 g/mol. The van der Waals surface area contributed by atoms with Crippen molar-refractivity contribution in [2.24, 2.45) is 7.05 Å². The Balaban J connectivity index is 1.44. The number of nitrogens with zero attached hydrogens (tertiary/aromatic N) is 4. The second-order valence-electron chi connectivity index (χ2n) is 8.26. The van der Waals surface area contributed by atoms with Crippen molar-refractivity contribution >= 4 is 11.9 Å². The second kappa shape index (κ2) is 7.73. The third kappa shape index (κ3) is 3.50. The van der Waals surface area contributed by atoms with Gasteiger partial charge in [0.2, 0.25) is 0 Å². The van der Waals surface area contributed by atoms with E-state index in [0.717, 1.165) is 62.9 Å². The van der Waals surface area contributed by atoms with Crippen LogP contribution in [0.4, 0.5) is 4.79 Å². The fourth-order valence-electron chi connectivity index (χ4n) is 4.58. The van der Waals surface area contributed by atoms with Gasteiger partial charge in [0.15, 0.2) is 5.69 Å². The van der Waals surface area contributed by atoms with E-state index in [-0.39, 0.29) is 17.5 Å². The number of aryl methyl sites for hydroxylation is 1. The standard InChI is InChI=1S/C20H31N5O3/c1-3-8-21-19(27)25-11-6-20(7-12-25)13-16-15(14-28-20)17(22-23(16)2)18(26)24-9-4-5-10-24/h3-14H2,1-2H3,(H,21,27). The molecule has 3 aliphatic heterocycles. The van der Waals surface area contributed by atoms with Crippen molar-refractivity contribution < 1.29 is 14.3 Å². The summed E-state index contributed by atoms with van der Waals surface area (Å²) in [6.07, 6.45) is 5.46. The maximum absolute atomic E-state index is 12.8. The van der Waals surface area contributed by atoms with Gasteiger partial charge < -0.3 is 19.9 Å². The van der Waals surface area contributed by atoms with Crippen molar-refractivity contribution in [3.05, 3.63) is 17.0 Å². The summed E-state index contributed by atoms with van der Waals surface area (Å²) in [5.41, 5.74) is 2.37. The SMILES string of the molecule is CCCNC(=O)N1CCC2(CC1)Cc1c(c(C(=O)N3CCCC3)nn1C)CO2. The number of urea groups is 1. The number of ether oxygens (including phenoxy) is 1. The summed E-state index contributed by atoms with van der Waals surface area (Å²) < 4.78 is 8.19. The van der Waals surface area contributed by atoms with E-state index >= 15 is 0 Å². The summed E-state index contributed by atoms with van der Waals surface area (Å²) in [7, 11) is 1.92. The Kier molecular flexibility index (Phi) is 5.31. The van der Waals surface area contributed by atoms with Crippen molar-refractivity contribution in [1.82, 2.24) is 24.9 Å². The molecule has 154 valence electrons. The Morgan fingerprint density at radius 1 is 1.14 bits per heavy atom. The summed E-state index contributed by atoms with van der Waals surface area (Å²) in [5, 5.41) is 7.51. The van der Waals surface area contributed by atoms with Gasteiger partial charge in [0.05, 0.1) is 12.2 Å². The van der Waals surface area contributed by atoms with E-state index in [2.05, 4.69) is 17.3 Å². The highest BCUT2D eigenvalue weighted by Crippen LogP contribution is 2.37. The van der Waals surface area contributed by atoms with E-state index in [1.165, 1.54) is 0 Å². The number of carbonyl (C=O) groups is 2. The van der Waals surface area contributed by atoms with Gasteiger partial charge in [0, 0.05) is 57.4 Å². The molecule has 0 aliphatic carbocycles. The number of rotatable bonds is 3. The van der Waals surface area contributed by atoms with E-state index in [1.807, 2.05) is 21.5 Å². The molecule has 2 fully saturated rings. The highest BCUT2D eigenvalue weighted by Gasteiger charge is 2.42. The summed E-state index contributed by atoms with van der Waals surface area (Å²) >= 11 is 0.